The van der Waals surface area contributed by atoms with Gasteiger partial charge in [-0.05, 0) is 28.1 Å². The third kappa shape index (κ3) is 2.54. The summed E-state index contributed by atoms with van der Waals surface area (Å²) in [6.45, 7) is 0. The van der Waals surface area contributed by atoms with Gasteiger partial charge in [0.1, 0.15) is 11.5 Å². The van der Waals surface area contributed by atoms with Crippen LogP contribution in [0.4, 0.5) is 15.8 Å². The quantitative estimate of drug-likeness (QED) is 0.807. The summed E-state index contributed by atoms with van der Waals surface area (Å²) in [5.74, 6) is -0.769. The van der Waals surface area contributed by atoms with Gasteiger partial charge in [-0.3, -0.25) is 4.72 Å². The lowest BCUT2D eigenvalue weighted by Crippen LogP contribution is -2.18. The molecule has 0 bridgehead atoms. The Morgan fingerprint density at radius 2 is 2.16 bits per heavy atom. The standard InChI is InChI=1S/C9H9BrFN5O2S/c1-16-9(8(10)13-15-16)19(17,18)14-7-5(11)3-2-4-6(7)12/h2-4,14H,12H2,1H3. The van der Waals surface area contributed by atoms with Crippen molar-refractivity contribution in [1.82, 2.24) is 15.0 Å². The molecule has 1 aromatic carbocycles. The summed E-state index contributed by atoms with van der Waals surface area (Å²) in [6, 6.07) is 3.87. The van der Waals surface area contributed by atoms with Gasteiger partial charge >= 0.3 is 0 Å². The number of para-hydroxylation sites is 1. The molecule has 3 N–H and O–H groups in total. The van der Waals surface area contributed by atoms with Crippen LogP contribution >= 0.6 is 15.9 Å². The van der Waals surface area contributed by atoms with Crippen LogP contribution in [0.2, 0.25) is 0 Å². The number of halogens is 2. The minimum Gasteiger partial charge on any atom is -0.397 e. The van der Waals surface area contributed by atoms with Crippen molar-refractivity contribution in [3.8, 4) is 0 Å². The van der Waals surface area contributed by atoms with Crippen LogP contribution in [-0.2, 0) is 17.1 Å². The molecule has 7 nitrogen and oxygen atoms in total. The monoisotopic (exact) mass is 349 g/mol. The van der Waals surface area contributed by atoms with Gasteiger partial charge in [0, 0.05) is 7.05 Å². The largest absolute Gasteiger partial charge is 0.397 e. The highest BCUT2D eigenvalue weighted by molar-refractivity contribution is 9.10. The predicted molar refractivity (Wildman–Crippen MR) is 70.3 cm³/mol. The molecule has 0 amide bonds. The number of anilines is 2. The van der Waals surface area contributed by atoms with Gasteiger partial charge < -0.3 is 5.73 Å². The van der Waals surface area contributed by atoms with Gasteiger partial charge in [0.05, 0.1) is 5.69 Å². The van der Waals surface area contributed by atoms with Crippen molar-refractivity contribution in [2.75, 3.05) is 10.5 Å². The van der Waals surface area contributed by atoms with Gasteiger partial charge in [-0.15, -0.1) is 5.10 Å². The average Bonchev–Trinajstić information content (AvgIpc) is 2.64. The lowest BCUT2D eigenvalue weighted by molar-refractivity contribution is 0.577. The van der Waals surface area contributed by atoms with Crippen molar-refractivity contribution in [3.63, 3.8) is 0 Å². The summed E-state index contributed by atoms with van der Waals surface area (Å²) in [5, 5.41) is 6.87. The molecule has 19 heavy (non-hydrogen) atoms. The molecule has 0 fully saturated rings. The van der Waals surface area contributed by atoms with Crippen molar-refractivity contribution in [2.24, 2.45) is 7.05 Å². The van der Waals surface area contributed by atoms with Crippen LogP contribution in [0, 0.1) is 5.82 Å². The Kier molecular flexibility index (Phi) is 3.45. The molecule has 0 saturated heterocycles. The number of aryl methyl sites for hydroxylation is 1. The summed E-state index contributed by atoms with van der Waals surface area (Å²) in [4.78, 5) is 0. The summed E-state index contributed by atoms with van der Waals surface area (Å²) >= 11 is 2.96. The molecule has 10 heteroatoms. The Morgan fingerprint density at radius 1 is 1.47 bits per heavy atom. The second kappa shape index (κ2) is 4.78. The second-order valence-electron chi connectivity index (χ2n) is 3.62. The molecule has 0 aliphatic carbocycles. The fourth-order valence-electron chi connectivity index (χ4n) is 1.44. The fourth-order valence-corrected chi connectivity index (χ4v) is 3.63. The Balaban J connectivity index is 2.49. The Bertz CT molecular complexity index is 690. The van der Waals surface area contributed by atoms with Crippen molar-refractivity contribution < 1.29 is 12.8 Å². The van der Waals surface area contributed by atoms with E-state index in [0.29, 0.717) is 0 Å². The SMILES string of the molecule is Cn1nnc(Br)c1S(=O)(=O)Nc1c(N)cccc1F. The van der Waals surface area contributed by atoms with Crippen molar-refractivity contribution >= 4 is 37.3 Å². The van der Waals surface area contributed by atoms with Crippen LogP contribution in [0.5, 0.6) is 0 Å². The molecule has 102 valence electrons. The molecule has 0 aliphatic rings. The van der Waals surface area contributed by atoms with E-state index in [1.54, 1.807) is 0 Å². The summed E-state index contributed by atoms with van der Waals surface area (Å²) in [7, 11) is -2.66. The fraction of sp³-hybridized carbons (Fsp3) is 0.111. The molecular weight excluding hydrogens is 341 g/mol. The van der Waals surface area contributed by atoms with E-state index < -0.39 is 15.8 Å². The van der Waals surface area contributed by atoms with Crippen LogP contribution in [0.15, 0.2) is 27.8 Å². The van der Waals surface area contributed by atoms with Crippen molar-refractivity contribution in [2.45, 2.75) is 5.03 Å². The topological polar surface area (TPSA) is 103 Å². The first-order valence-corrected chi connectivity index (χ1v) is 7.22. The van der Waals surface area contributed by atoms with Crippen LogP contribution in [0.3, 0.4) is 0 Å². The Labute approximate surface area is 116 Å². The van der Waals surface area contributed by atoms with Gasteiger partial charge in [0.25, 0.3) is 10.0 Å². The van der Waals surface area contributed by atoms with E-state index >= 15 is 0 Å². The molecule has 2 aromatic rings. The molecule has 1 heterocycles. The van der Waals surface area contributed by atoms with E-state index in [9.17, 15) is 12.8 Å². The first-order chi connectivity index (χ1) is 8.83. The van der Waals surface area contributed by atoms with Gasteiger partial charge in [-0.2, -0.15) is 8.42 Å². The molecule has 0 unspecified atom stereocenters. The molecule has 0 aliphatic heterocycles. The average molecular weight is 350 g/mol. The second-order valence-corrected chi connectivity index (χ2v) is 5.97. The normalized spacial score (nSPS) is 11.5. The van der Waals surface area contributed by atoms with E-state index in [0.717, 1.165) is 10.7 Å². The number of hydrogen-bond donors (Lipinski definition) is 2. The number of nitrogens with one attached hydrogen (secondary N) is 1. The van der Waals surface area contributed by atoms with Crippen molar-refractivity contribution in [1.29, 1.82) is 0 Å². The van der Waals surface area contributed by atoms with E-state index in [-0.39, 0.29) is 21.0 Å². The van der Waals surface area contributed by atoms with Gasteiger partial charge in [0.15, 0.2) is 4.60 Å². The minimum atomic E-state index is -4.06. The highest BCUT2D eigenvalue weighted by Gasteiger charge is 2.25. The number of nitrogens with two attached hydrogens (primary N) is 1. The van der Waals surface area contributed by atoms with Gasteiger partial charge in [-0.25, -0.2) is 9.07 Å². The third-order valence-electron chi connectivity index (χ3n) is 2.27. The lowest BCUT2D eigenvalue weighted by Gasteiger charge is -2.10. The van der Waals surface area contributed by atoms with Gasteiger partial charge in [0.2, 0.25) is 5.03 Å². The first-order valence-electron chi connectivity index (χ1n) is 4.95. The molecular formula is C9H9BrFN5O2S. The van der Waals surface area contributed by atoms with Crippen LogP contribution in [-0.4, -0.2) is 23.4 Å². The predicted octanol–water partition coefficient (Wildman–Crippen LogP) is 1.10. The highest BCUT2D eigenvalue weighted by Crippen LogP contribution is 2.26. The van der Waals surface area contributed by atoms with Gasteiger partial charge in [-0.1, -0.05) is 11.3 Å². The molecule has 2 rings (SSSR count). The van der Waals surface area contributed by atoms with E-state index in [4.69, 9.17) is 5.73 Å². The maximum atomic E-state index is 13.6. The number of nitrogens with zero attached hydrogens (tertiary/aromatic N) is 3. The van der Waals surface area contributed by atoms with Crippen LogP contribution < -0.4 is 10.5 Å². The molecule has 0 spiro atoms. The highest BCUT2D eigenvalue weighted by atomic mass is 79.9. The summed E-state index contributed by atoms with van der Waals surface area (Å²) in [5.41, 5.74) is 5.21. The molecule has 0 radical (unpaired) electrons. The number of rotatable bonds is 3. The van der Waals surface area contributed by atoms with Crippen molar-refractivity contribution in [3.05, 3.63) is 28.6 Å². The molecule has 0 atom stereocenters. The minimum absolute atomic E-state index is 0.0187. The molecule has 1 aromatic heterocycles. The number of hydrogen-bond acceptors (Lipinski definition) is 5. The first kappa shape index (κ1) is 13.7. The van der Waals surface area contributed by atoms with E-state index in [1.165, 1.54) is 19.2 Å². The van der Waals surface area contributed by atoms with E-state index in [1.807, 2.05) is 0 Å². The number of benzene rings is 1. The number of aromatic nitrogens is 3. The zero-order valence-corrected chi connectivity index (χ0v) is 12.0. The van der Waals surface area contributed by atoms with Crippen LogP contribution in [0.25, 0.3) is 0 Å². The number of sulfonamides is 1. The molecule has 0 saturated carbocycles. The Hall–Kier alpha value is -1.68. The zero-order chi connectivity index (χ0) is 14.2. The lowest BCUT2D eigenvalue weighted by atomic mass is 10.3. The third-order valence-corrected chi connectivity index (χ3v) is 4.51. The maximum absolute atomic E-state index is 13.6. The maximum Gasteiger partial charge on any atom is 0.282 e. The smallest absolute Gasteiger partial charge is 0.282 e. The zero-order valence-electron chi connectivity index (χ0n) is 9.63. The van der Waals surface area contributed by atoms with E-state index in [2.05, 4.69) is 31.0 Å². The van der Waals surface area contributed by atoms with Crippen LogP contribution in [0.1, 0.15) is 0 Å². The Morgan fingerprint density at radius 3 is 2.68 bits per heavy atom. The summed E-state index contributed by atoms with van der Waals surface area (Å²) < 4.78 is 41.0. The number of nitrogen functional groups attached to an aromatic ring is 1. The summed E-state index contributed by atoms with van der Waals surface area (Å²) in [6.07, 6.45) is 0.